The van der Waals surface area contributed by atoms with Crippen LogP contribution in [0.5, 0.6) is 5.75 Å². The number of aliphatic hydroxyl groups excluding tert-OH is 1. The van der Waals surface area contributed by atoms with Crippen molar-refractivity contribution in [2.75, 3.05) is 6.61 Å². The third-order valence-corrected chi connectivity index (χ3v) is 4.47. The van der Waals surface area contributed by atoms with Crippen molar-refractivity contribution in [2.45, 2.75) is 20.0 Å². The summed E-state index contributed by atoms with van der Waals surface area (Å²) < 4.78 is 6.58. The van der Waals surface area contributed by atoms with Gasteiger partial charge in [-0.25, -0.2) is 0 Å². The molecule has 0 aliphatic rings. The summed E-state index contributed by atoms with van der Waals surface area (Å²) in [5.41, 5.74) is 2.97. The van der Waals surface area contributed by atoms with Gasteiger partial charge in [-0.05, 0) is 65.3 Å². The molecule has 19 heavy (non-hydrogen) atoms. The van der Waals surface area contributed by atoms with Gasteiger partial charge in [-0.3, -0.25) is 0 Å². The number of hydrogen-bond acceptors (Lipinski definition) is 2. The molecular formula is C16H17IO2. The number of aliphatic hydroxyl groups is 1. The van der Waals surface area contributed by atoms with Gasteiger partial charge in [0.1, 0.15) is 11.9 Å². The SMILES string of the molecule is CCOc1cccc(C(O)c2cccc(C)c2I)c1. The molecule has 0 bridgehead atoms. The summed E-state index contributed by atoms with van der Waals surface area (Å²) in [5.74, 6) is 0.793. The second kappa shape index (κ2) is 6.39. The number of hydrogen-bond donors (Lipinski definition) is 1. The second-order valence-corrected chi connectivity index (χ2v) is 5.46. The van der Waals surface area contributed by atoms with Crippen LogP contribution in [0.4, 0.5) is 0 Å². The van der Waals surface area contributed by atoms with Gasteiger partial charge in [0.2, 0.25) is 0 Å². The molecule has 0 spiro atoms. The molecule has 2 rings (SSSR count). The van der Waals surface area contributed by atoms with Crippen LogP contribution in [-0.2, 0) is 0 Å². The van der Waals surface area contributed by atoms with Crippen LogP contribution in [0.25, 0.3) is 0 Å². The van der Waals surface area contributed by atoms with Crippen LogP contribution in [0, 0.1) is 10.5 Å². The van der Waals surface area contributed by atoms with E-state index in [9.17, 15) is 5.11 Å². The average Bonchev–Trinajstić information content (AvgIpc) is 2.42. The largest absolute Gasteiger partial charge is 0.494 e. The minimum atomic E-state index is -0.618. The summed E-state index contributed by atoms with van der Waals surface area (Å²) in [6, 6.07) is 13.6. The molecular weight excluding hydrogens is 351 g/mol. The van der Waals surface area contributed by atoms with Gasteiger partial charge in [0.05, 0.1) is 6.61 Å². The van der Waals surface area contributed by atoms with Crippen LogP contribution in [0.15, 0.2) is 42.5 Å². The highest BCUT2D eigenvalue weighted by Gasteiger charge is 2.15. The fraction of sp³-hybridized carbons (Fsp3) is 0.250. The van der Waals surface area contributed by atoms with E-state index in [1.54, 1.807) is 0 Å². The molecule has 0 radical (unpaired) electrons. The molecule has 0 aliphatic carbocycles. The summed E-state index contributed by atoms with van der Waals surface area (Å²) in [7, 11) is 0. The molecule has 0 saturated carbocycles. The fourth-order valence-electron chi connectivity index (χ4n) is 2.00. The van der Waals surface area contributed by atoms with Crippen molar-refractivity contribution >= 4 is 22.6 Å². The van der Waals surface area contributed by atoms with Crippen LogP contribution in [0.3, 0.4) is 0 Å². The van der Waals surface area contributed by atoms with E-state index >= 15 is 0 Å². The third-order valence-electron chi connectivity index (χ3n) is 3.00. The maximum absolute atomic E-state index is 10.5. The minimum absolute atomic E-state index is 0.618. The second-order valence-electron chi connectivity index (χ2n) is 4.39. The smallest absolute Gasteiger partial charge is 0.119 e. The average molecular weight is 368 g/mol. The van der Waals surface area contributed by atoms with E-state index in [1.807, 2.05) is 43.3 Å². The van der Waals surface area contributed by atoms with Crippen molar-refractivity contribution in [3.8, 4) is 5.75 Å². The Bertz CT molecular complexity index is 566. The number of benzene rings is 2. The van der Waals surface area contributed by atoms with Gasteiger partial charge in [-0.15, -0.1) is 0 Å². The van der Waals surface area contributed by atoms with Gasteiger partial charge in [0.25, 0.3) is 0 Å². The Hall–Kier alpha value is -1.07. The van der Waals surface area contributed by atoms with Crippen molar-refractivity contribution in [3.05, 3.63) is 62.7 Å². The summed E-state index contributed by atoms with van der Waals surface area (Å²) in [4.78, 5) is 0. The first kappa shape index (κ1) is 14.3. The molecule has 0 aliphatic heterocycles. The molecule has 1 unspecified atom stereocenters. The number of halogens is 1. The highest BCUT2D eigenvalue weighted by molar-refractivity contribution is 14.1. The van der Waals surface area contributed by atoms with Gasteiger partial charge >= 0.3 is 0 Å². The van der Waals surface area contributed by atoms with Crippen molar-refractivity contribution in [1.29, 1.82) is 0 Å². The molecule has 0 saturated heterocycles. The zero-order valence-corrected chi connectivity index (χ0v) is 13.2. The van der Waals surface area contributed by atoms with E-state index in [4.69, 9.17) is 4.74 Å². The van der Waals surface area contributed by atoms with E-state index in [0.717, 1.165) is 20.4 Å². The van der Waals surface area contributed by atoms with Gasteiger partial charge in [-0.2, -0.15) is 0 Å². The van der Waals surface area contributed by atoms with E-state index in [1.165, 1.54) is 5.56 Å². The zero-order valence-electron chi connectivity index (χ0n) is 11.1. The number of ether oxygens (including phenoxy) is 1. The van der Waals surface area contributed by atoms with Crippen molar-refractivity contribution in [3.63, 3.8) is 0 Å². The van der Waals surface area contributed by atoms with Crippen LogP contribution >= 0.6 is 22.6 Å². The van der Waals surface area contributed by atoms with Crippen LogP contribution in [-0.4, -0.2) is 11.7 Å². The molecule has 0 fully saturated rings. The first-order chi connectivity index (χ1) is 9.13. The predicted octanol–water partition coefficient (Wildman–Crippen LogP) is 4.08. The molecule has 0 amide bonds. The first-order valence-electron chi connectivity index (χ1n) is 6.29. The first-order valence-corrected chi connectivity index (χ1v) is 7.37. The zero-order chi connectivity index (χ0) is 13.8. The predicted molar refractivity (Wildman–Crippen MR) is 85.6 cm³/mol. The highest BCUT2D eigenvalue weighted by Crippen LogP contribution is 2.29. The molecule has 3 heteroatoms. The van der Waals surface area contributed by atoms with E-state index in [2.05, 4.69) is 35.6 Å². The molecule has 1 N–H and O–H groups in total. The van der Waals surface area contributed by atoms with Gasteiger partial charge in [0.15, 0.2) is 0 Å². The van der Waals surface area contributed by atoms with E-state index < -0.39 is 6.10 Å². The Morgan fingerprint density at radius 1 is 1.21 bits per heavy atom. The summed E-state index contributed by atoms with van der Waals surface area (Å²) in [5, 5.41) is 10.5. The Balaban J connectivity index is 2.35. The lowest BCUT2D eigenvalue weighted by molar-refractivity contribution is 0.218. The Morgan fingerprint density at radius 2 is 1.95 bits per heavy atom. The van der Waals surface area contributed by atoms with Crippen LogP contribution < -0.4 is 4.74 Å². The quantitative estimate of drug-likeness (QED) is 0.825. The lowest BCUT2D eigenvalue weighted by atomic mass is 10.00. The number of rotatable bonds is 4. The Morgan fingerprint density at radius 3 is 2.68 bits per heavy atom. The van der Waals surface area contributed by atoms with Crippen LogP contribution in [0.2, 0.25) is 0 Å². The Kier molecular flexibility index (Phi) is 4.82. The molecule has 100 valence electrons. The van der Waals surface area contributed by atoms with Crippen molar-refractivity contribution < 1.29 is 9.84 Å². The molecule has 2 nitrogen and oxygen atoms in total. The van der Waals surface area contributed by atoms with Gasteiger partial charge < -0.3 is 9.84 Å². The van der Waals surface area contributed by atoms with E-state index in [-0.39, 0.29) is 0 Å². The number of aryl methyl sites for hydroxylation is 1. The summed E-state index contributed by atoms with van der Waals surface area (Å²) in [6.07, 6.45) is -0.618. The normalized spacial score (nSPS) is 12.2. The van der Waals surface area contributed by atoms with Gasteiger partial charge in [0, 0.05) is 3.57 Å². The van der Waals surface area contributed by atoms with E-state index in [0.29, 0.717) is 6.61 Å². The fourth-order valence-corrected chi connectivity index (χ4v) is 2.66. The molecule has 2 aromatic rings. The summed E-state index contributed by atoms with van der Waals surface area (Å²) in [6.45, 7) is 4.63. The summed E-state index contributed by atoms with van der Waals surface area (Å²) >= 11 is 2.28. The molecule has 0 aromatic heterocycles. The van der Waals surface area contributed by atoms with Crippen molar-refractivity contribution in [1.82, 2.24) is 0 Å². The third kappa shape index (κ3) is 3.28. The van der Waals surface area contributed by atoms with Crippen LogP contribution in [0.1, 0.15) is 29.7 Å². The molecule has 1 atom stereocenters. The highest BCUT2D eigenvalue weighted by atomic mass is 127. The standard InChI is InChI=1S/C16H17IO2/c1-3-19-13-8-5-7-12(10-13)16(18)14-9-4-6-11(2)15(14)17/h4-10,16,18H,3H2,1-2H3. The van der Waals surface area contributed by atoms with Crippen molar-refractivity contribution in [2.24, 2.45) is 0 Å². The minimum Gasteiger partial charge on any atom is -0.494 e. The van der Waals surface area contributed by atoms with Gasteiger partial charge in [-0.1, -0.05) is 30.3 Å². The lowest BCUT2D eigenvalue weighted by Crippen LogP contribution is -2.03. The monoisotopic (exact) mass is 368 g/mol. The topological polar surface area (TPSA) is 29.5 Å². The lowest BCUT2D eigenvalue weighted by Gasteiger charge is -2.15. The Labute approximate surface area is 127 Å². The molecule has 2 aromatic carbocycles. The molecule has 0 heterocycles. The maximum atomic E-state index is 10.5. The maximum Gasteiger partial charge on any atom is 0.119 e.